The molecule has 4 rings (SSSR count). The molecule has 0 aromatic rings. The summed E-state index contributed by atoms with van der Waals surface area (Å²) >= 11 is 0. The maximum Gasteiger partial charge on any atom is 0.426 e. The van der Waals surface area contributed by atoms with Crippen LogP contribution < -0.4 is 0 Å². The summed E-state index contributed by atoms with van der Waals surface area (Å²) in [5.41, 5.74) is -2.22. The maximum absolute atomic E-state index is 13.1. The summed E-state index contributed by atoms with van der Waals surface area (Å²) in [6, 6.07) is 0. The van der Waals surface area contributed by atoms with Gasteiger partial charge in [0.05, 0.1) is 5.41 Å². The molecule has 0 aromatic carbocycles. The molecule has 3 unspecified atom stereocenters. The van der Waals surface area contributed by atoms with Gasteiger partial charge in [0.1, 0.15) is 11.4 Å². The highest BCUT2D eigenvalue weighted by atomic mass is 32.2. The van der Waals surface area contributed by atoms with E-state index in [2.05, 4.69) is 11.3 Å². The van der Waals surface area contributed by atoms with E-state index in [1.165, 1.54) is 0 Å². The highest BCUT2D eigenvalue weighted by molar-refractivity contribution is 7.85. The van der Waals surface area contributed by atoms with Crippen molar-refractivity contribution in [2.45, 2.75) is 56.4 Å². The average Bonchev–Trinajstić information content (AvgIpc) is 2.50. The standard InChI is InChI=1S/C17H21F3O7S/c1-2-13(21)27-16-6-10-3-11(7-16)5-15(4-10,9-16)14(22)26-12(17(18,19)20)8-28(23,24)25/h2,10-12H,1,3-9H2,(H,23,24,25). The van der Waals surface area contributed by atoms with Crippen molar-refractivity contribution >= 4 is 22.1 Å². The SMILES string of the molecule is C=CC(=O)OC12CC3CC(C1)CC(C(=O)OC(CS(=O)(=O)O)C(F)(F)F)(C3)C2. The van der Waals surface area contributed by atoms with Crippen molar-refractivity contribution in [2.75, 3.05) is 5.75 Å². The van der Waals surface area contributed by atoms with E-state index in [4.69, 9.17) is 9.29 Å². The van der Waals surface area contributed by atoms with E-state index in [1.807, 2.05) is 0 Å². The zero-order valence-electron chi connectivity index (χ0n) is 14.9. The van der Waals surface area contributed by atoms with E-state index < -0.39 is 51.1 Å². The van der Waals surface area contributed by atoms with Crippen molar-refractivity contribution in [3.8, 4) is 0 Å². The van der Waals surface area contributed by atoms with Crippen LogP contribution in [0.5, 0.6) is 0 Å². The molecule has 0 heterocycles. The number of carbonyl (C=O) groups is 2. The number of alkyl halides is 3. The second-order valence-electron chi connectivity index (χ2n) is 8.23. The lowest BCUT2D eigenvalue weighted by atomic mass is 9.48. The quantitative estimate of drug-likeness (QED) is 0.395. The van der Waals surface area contributed by atoms with Crippen molar-refractivity contribution in [3.05, 3.63) is 12.7 Å². The van der Waals surface area contributed by atoms with Crippen LogP contribution in [0.1, 0.15) is 38.5 Å². The number of halogens is 3. The zero-order valence-corrected chi connectivity index (χ0v) is 15.7. The summed E-state index contributed by atoms with van der Waals surface area (Å²) in [4.78, 5) is 24.5. The Hall–Kier alpha value is -1.62. The molecule has 4 aliphatic carbocycles. The van der Waals surface area contributed by atoms with Crippen LogP contribution >= 0.6 is 0 Å². The predicted molar refractivity (Wildman–Crippen MR) is 88.5 cm³/mol. The van der Waals surface area contributed by atoms with Gasteiger partial charge in [-0.3, -0.25) is 9.35 Å². The first-order valence-electron chi connectivity index (χ1n) is 8.84. The van der Waals surface area contributed by atoms with Gasteiger partial charge in [-0.25, -0.2) is 4.79 Å². The number of carbonyl (C=O) groups excluding carboxylic acids is 2. The lowest BCUT2D eigenvalue weighted by Crippen LogP contribution is -2.60. The molecule has 0 radical (unpaired) electrons. The van der Waals surface area contributed by atoms with Crippen molar-refractivity contribution < 1.29 is 45.2 Å². The molecule has 4 saturated carbocycles. The summed E-state index contributed by atoms with van der Waals surface area (Å²) in [6.45, 7) is 3.34. The number of hydrogen-bond donors (Lipinski definition) is 1. The van der Waals surface area contributed by atoms with Gasteiger partial charge in [-0.05, 0) is 43.9 Å². The van der Waals surface area contributed by atoms with E-state index in [-0.39, 0.29) is 18.3 Å². The Balaban J connectivity index is 1.84. The molecule has 0 amide bonds. The molecule has 0 aromatic heterocycles. The topological polar surface area (TPSA) is 107 Å². The van der Waals surface area contributed by atoms with E-state index in [1.54, 1.807) is 0 Å². The van der Waals surface area contributed by atoms with Crippen LogP contribution in [0.25, 0.3) is 0 Å². The summed E-state index contributed by atoms with van der Waals surface area (Å²) in [5.74, 6) is -3.59. The Labute approximate surface area is 160 Å². The minimum atomic E-state index is -5.15. The van der Waals surface area contributed by atoms with Crippen LogP contribution in [-0.4, -0.2) is 48.5 Å². The van der Waals surface area contributed by atoms with Gasteiger partial charge < -0.3 is 9.47 Å². The molecule has 0 aliphatic heterocycles. The molecule has 158 valence electrons. The highest BCUT2D eigenvalue weighted by Crippen LogP contribution is 2.63. The number of esters is 2. The Morgan fingerprint density at radius 1 is 1.21 bits per heavy atom. The third-order valence-electron chi connectivity index (χ3n) is 5.90. The number of ether oxygens (including phenoxy) is 2. The maximum atomic E-state index is 13.1. The van der Waals surface area contributed by atoms with Crippen LogP contribution in [-0.2, 0) is 29.2 Å². The van der Waals surface area contributed by atoms with Gasteiger partial charge in [-0.2, -0.15) is 21.6 Å². The molecule has 4 aliphatic rings. The minimum Gasteiger partial charge on any atom is -0.456 e. The van der Waals surface area contributed by atoms with Gasteiger partial charge in [0, 0.05) is 12.5 Å². The second-order valence-corrected chi connectivity index (χ2v) is 9.73. The molecule has 4 bridgehead atoms. The second kappa shape index (κ2) is 6.72. The molecular formula is C17H21F3O7S. The summed E-state index contributed by atoms with van der Waals surface area (Å²) in [5, 5.41) is 0. The molecule has 7 nitrogen and oxygen atoms in total. The van der Waals surface area contributed by atoms with Gasteiger partial charge in [0.2, 0.25) is 6.10 Å². The first kappa shape index (κ1) is 21.1. The molecule has 3 atom stereocenters. The van der Waals surface area contributed by atoms with Crippen LogP contribution in [0.2, 0.25) is 0 Å². The first-order valence-corrected chi connectivity index (χ1v) is 10.5. The van der Waals surface area contributed by atoms with Gasteiger partial charge in [-0.1, -0.05) is 6.58 Å². The van der Waals surface area contributed by atoms with Crippen LogP contribution in [0.3, 0.4) is 0 Å². The zero-order chi connectivity index (χ0) is 21.0. The smallest absolute Gasteiger partial charge is 0.426 e. The van der Waals surface area contributed by atoms with Crippen molar-refractivity contribution in [2.24, 2.45) is 17.3 Å². The molecule has 4 fully saturated rings. The molecule has 11 heteroatoms. The van der Waals surface area contributed by atoms with Crippen molar-refractivity contribution in [3.63, 3.8) is 0 Å². The first-order chi connectivity index (χ1) is 12.8. The van der Waals surface area contributed by atoms with E-state index in [9.17, 15) is 31.2 Å². The van der Waals surface area contributed by atoms with E-state index in [0.717, 1.165) is 12.5 Å². The monoisotopic (exact) mass is 426 g/mol. The lowest BCUT2D eigenvalue weighted by Gasteiger charge is -2.59. The lowest BCUT2D eigenvalue weighted by molar-refractivity contribution is -0.236. The fourth-order valence-corrected chi connectivity index (χ4v) is 6.07. The van der Waals surface area contributed by atoms with E-state index in [0.29, 0.717) is 25.7 Å². The fourth-order valence-electron chi connectivity index (χ4n) is 5.43. The molecule has 0 saturated heterocycles. The molecule has 1 N–H and O–H groups in total. The number of rotatable bonds is 6. The minimum absolute atomic E-state index is 0.00248. The Kier molecular flexibility index (Phi) is 5.06. The molecule has 0 spiro atoms. The van der Waals surface area contributed by atoms with Crippen LogP contribution in [0, 0.1) is 17.3 Å². The third-order valence-corrected chi connectivity index (χ3v) is 6.62. The Morgan fingerprint density at radius 2 is 1.79 bits per heavy atom. The van der Waals surface area contributed by atoms with Gasteiger partial charge >= 0.3 is 18.1 Å². The van der Waals surface area contributed by atoms with Gasteiger partial charge in [0.15, 0.2) is 0 Å². The van der Waals surface area contributed by atoms with Crippen molar-refractivity contribution in [1.82, 2.24) is 0 Å². The summed E-state index contributed by atoms with van der Waals surface area (Å²) in [7, 11) is -5.02. The molecular weight excluding hydrogens is 405 g/mol. The normalized spacial score (nSPS) is 35.3. The number of hydrogen-bond acceptors (Lipinski definition) is 6. The Morgan fingerprint density at radius 3 is 2.25 bits per heavy atom. The van der Waals surface area contributed by atoms with Gasteiger partial charge in [-0.15, -0.1) is 0 Å². The van der Waals surface area contributed by atoms with Gasteiger partial charge in [0.25, 0.3) is 10.1 Å². The van der Waals surface area contributed by atoms with Crippen molar-refractivity contribution in [1.29, 1.82) is 0 Å². The third kappa shape index (κ3) is 4.19. The van der Waals surface area contributed by atoms with Crippen LogP contribution in [0.4, 0.5) is 13.2 Å². The summed E-state index contributed by atoms with van der Waals surface area (Å²) < 4.78 is 80.1. The Bertz CT molecular complexity index is 775. The predicted octanol–water partition coefficient (Wildman–Crippen LogP) is 2.42. The summed E-state index contributed by atoms with van der Waals surface area (Å²) in [6.07, 6.45) is -4.67. The molecule has 28 heavy (non-hydrogen) atoms. The fraction of sp³-hybridized carbons (Fsp3) is 0.765. The van der Waals surface area contributed by atoms with E-state index >= 15 is 0 Å². The average molecular weight is 426 g/mol. The van der Waals surface area contributed by atoms with Crippen LogP contribution in [0.15, 0.2) is 12.7 Å². The highest BCUT2D eigenvalue weighted by Gasteiger charge is 2.63. The largest absolute Gasteiger partial charge is 0.456 e.